The maximum absolute atomic E-state index is 12.2. The number of hydrogen-bond donors (Lipinski definition) is 3. The Morgan fingerprint density at radius 1 is 1.14 bits per heavy atom. The van der Waals surface area contributed by atoms with Crippen molar-refractivity contribution in [2.75, 3.05) is 6.54 Å². The van der Waals surface area contributed by atoms with Gasteiger partial charge in [0.2, 0.25) is 11.8 Å². The highest BCUT2D eigenvalue weighted by Crippen LogP contribution is 2.17. The first-order valence-corrected chi connectivity index (χ1v) is 9.65. The average Bonchev–Trinajstić information content (AvgIpc) is 2.73. The van der Waals surface area contributed by atoms with Crippen molar-refractivity contribution < 1.29 is 19.4 Å². The Labute approximate surface area is 170 Å². The van der Waals surface area contributed by atoms with Crippen molar-refractivity contribution >= 4 is 11.8 Å². The van der Waals surface area contributed by atoms with Crippen LogP contribution >= 0.6 is 0 Å². The van der Waals surface area contributed by atoms with Crippen molar-refractivity contribution in [2.24, 2.45) is 5.73 Å². The maximum atomic E-state index is 12.2. The Morgan fingerprint density at radius 2 is 1.86 bits per heavy atom. The second-order valence-corrected chi connectivity index (χ2v) is 7.09. The summed E-state index contributed by atoms with van der Waals surface area (Å²) in [5.74, 6) is -0.106. The number of nitrogens with one attached hydrogen (secondary N) is 1. The van der Waals surface area contributed by atoms with E-state index in [1.165, 1.54) is 11.4 Å². The molecule has 1 heterocycles. The maximum Gasteiger partial charge on any atom is 0.238 e. The topological polar surface area (TPSA) is 105 Å². The molecule has 29 heavy (non-hydrogen) atoms. The number of rotatable bonds is 8. The second-order valence-electron chi connectivity index (χ2n) is 7.09. The molecule has 2 atom stereocenters. The summed E-state index contributed by atoms with van der Waals surface area (Å²) in [5, 5.41) is 11.2. The average molecular weight is 396 g/mol. The van der Waals surface area contributed by atoms with E-state index in [-0.39, 0.29) is 12.3 Å². The molecule has 0 bridgehead atoms. The number of aliphatic hydroxyl groups excluding tert-OH is 1. The number of hydrazine groups is 1. The summed E-state index contributed by atoms with van der Waals surface area (Å²) in [4.78, 5) is 23.8. The molecule has 2 aromatic rings. The van der Waals surface area contributed by atoms with Crippen LogP contribution in [0, 0.1) is 6.42 Å². The van der Waals surface area contributed by atoms with E-state index < -0.39 is 18.1 Å². The number of ether oxygens (including phenoxy) is 1. The molecule has 2 amide bonds. The minimum Gasteiger partial charge on any atom is -0.489 e. The van der Waals surface area contributed by atoms with Crippen LogP contribution in [-0.2, 0) is 22.6 Å². The number of piperidine rings is 1. The molecule has 2 aromatic carbocycles. The Morgan fingerprint density at radius 3 is 2.55 bits per heavy atom. The van der Waals surface area contributed by atoms with Crippen LogP contribution in [0.15, 0.2) is 54.6 Å². The molecule has 3 rings (SSSR count). The summed E-state index contributed by atoms with van der Waals surface area (Å²) < 4.78 is 5.76. The van der Waals surface area contributed by atoms with Gasteiger partial charge in [0.1, 0.15) is 18.4 Å². The predicted molar refractivity (Wildman–Crippen MR) is 108 cm³/mol. The van der Waals surface area contributed by atoms with Crippen LogP contribution in [0.2, 0.25) is 0 Å². The fourth-order valence-electron chi connectivity index (χ4n) is 3.21. The number of hydrogen-bond acceptors (Lipinski definition) is 5. The first-order valence-electron chi connectivity index (χ1n) is 9.65. The summed E-state index contributed by atoms with van der Waals surface area (Å²) in [6.07, 6.45) is 2.09. The molecule has 7 nitrogen and oxygen atoms in total. The molecule has 1 fully saturated rings. The van der Waals surface area contributed by atoms with Gasteiger partial charge in [0.25, 0.3) is 0 Å². The largest absolute Gasteiger partial charge is 0.489 e. The van der Waals surface area contributed by atoms with Crippen LogP contribution in [0.4, 0.5) is 0 Å². The van der Waals surface area contributed by atoms with Gasteiger partial charge in [-0.25, -0.2) is 5.01 Å². The van der Waals surface area contributed by atoms with E-state index in [0.717, 1.165) is 16.9 Å². The third kappa shape index (κ3) is 6.30. The molecule has 0 spiro atoms. The van der Waals surface area contributed by atoms with E-state index in [1.807, 2.05) is 54.6 Å². The highest BCUT2D eigenvalue weighted by molar-refractivity contribution is 5.85. The van der Waals surface area contributed by atoms with Crippen LogP contribution in [0.1, 0.15) is 24.0 Å². The van der Waals surface area contributed by atoms with Gasteiger partial charge in [-0.05, 0) is 42.5 Å². The fourth-order valence-corrected chi connectivity index (χ4v) is 3.21. The normalized spacial score (nSPS) is 19.5. The van der Waals surface area contributed by atoms with Crippen molar-refractivity contribution in [3.63, 3.8) is 0 Å². The van der Waals surface area contributed by atoms with Gasteiger partial charge in [0.15, 0.2) is 0 Å². The quantitative estimate of drug-likeness (QED) is 0.625. The van der Waals surface area contributed by atoms with Crippen molar-refractivity contribution in [3.8, 4) is 5.75 Å². The van der Waals surface area contributed by atoms with Gasteiger partial charge < -0.3 is 15.6 Å². The SMILES string of the molecule is NC(=O)C1CC(O)CCN1NC(=O)[CH]Cc1ccc(OCc2ccccc2)cc1. The lowest BCUT2D eigenvalue weighted by molar-refractivity contribution is -0.133. The molecule has 4 N–H and O–H groups in total. The standard InChI is InChI=1S/C22H26N3O4/c23-22(28)20-14-18(26)12-13-25(20)24-21(27)11-8-16-6-9-19(10-7-16)29-15-17-4-2-1-3-5-17/h1-7,9-11,18,20,26H,8,12-15H2,(H2,23,28)(H,24,27). The van der Waals surface area contributed by atoms with Crippen molar-refractivity contribution in [1.82, 2.24) is 10.4 Å². The minimum absolute atomic E-state index is 0.222. The van der Waals surface area contributed by atoms with Crippen molar-refractivity contribution in [1.29, 1.82) is 0 Å². The first kappa shape index (κ1) is 20.8. The third-order valence-electron chi connectivity index (χ3n) is 4.85. The van der Waals surface area contributed by atoms with E-state index in [9.17, 15) is 14.7 Å². The van der Waals surface area contributed by atoms with Crippen molar-refractivity contribution in [3.05, 3.63) is 72.1 Å². The zero-order valence-electron chi connectivity index (χ0n) is 16.2. The molecule has 1 aliphatic rings. The van der Waals surface area contributed by atoms with Gasteiger partial charge in [-0.15, -0.1) is 0 Å². The van der Waals surface area contributed by atoms with E-state index in [0.29, 0.717) is 26.0 Å². The molecule has 1 saturated heterocycles. The zero-order valence-corrected chi connectivity index (χ0v) is 16.2. The number of amides is 2. The molecular weight excluding hydrogens is 370 g/mol. The van der Waals surface area contributed by atoms with Crippen LogP contribution in [0.3, 0.4) is 0 Å². The number of aliphatic hydroxyl groups is 1. The van der Waals surface area contributed by atoms with E-state index in [1.54, 1.807) is 0 Å². The molecule has 0 aromatic heterocycles. The fraction of sp³-hybridized carbons (Fsp3) is 0.318. The van der Waals surface area contributed by atoms with Gasteiger partial charge in [-0.2, -0.15) is 0 Å². The lowest BCUT2D eigenvalue weighted by atomic mass is 10.0. The molecular formula is C22H26N3O4. The van der Waals surface area contributed by atoms with Gasteiger partial charge in [-0.1, -0.05) is 42.5 Å². The molecule has 1 aliphatic heterocycles. The lowest BCUT2D eigenvalue weighted by Gasteiger charge is -2.35. The number of primary amides is 1. The van der Waals surface area contributed by atoms with Gasteiger partial charge >= 0.3 is 0 Å². The molecule has 0 aliphatic carbocycles. The Kier molecular flexibility index (Phi) is 7.21. The molecule has 0 saturated carbocycles. The van der Waals surface area contributed by atoms with Gasteiger partial charge in [0, 0.05) is 6.54 Å². The number of carbonyl (C=O) groups is 2. The zero-order chi connectivity index (χ0) is 20.6. The highest BCUT2D eigenvalue weighted by Gasteiger charge is 2.32. The van der Waals surface area contributed by atoms with Gasteiger partial charge in [-0.3, -0.25) is 15.0 Å². The van der Waals surface area contributed by atoms with E-state index in [2.05, 4.69) is 5.43 Å². The van der Waals surface area contributed by atoms with E-state index in [4.69, 9.17) is 10.5 Å². The second kappa shape index (κ2) is 10.0. The molecule has 2 unspecified atom stereocenters. The summed E-state index contributed by atoms with van der Waals surface area (Å²) in [6.45, 7) is 0.877. The smallest absolute Gasteiger partial charge is 0.238 e. The number of nitrogens with two attached hydrogens (primary N) is 1. The summed E-state index contributed by atoms with van der Waals surface area (Å²) in [5.41, 5.74) is 10.1. The monoisotopic (exact) mass is 396 g/mol. The van der Waals surface area contributed by atoms with Crippen molar-refractivity contribution in [2.45, 2.75) is 38.0 Å². The summed E-state index contributed by atoms with van der Waals surface area (Å²) >= 11 is 0. The molecule has 7 heteroatoms. The Balaban J connectivity index is 1.44. The summed E-state index contributed by atoms with van der Waals surface area (Å²) in [6, 6.07) is 16.8. The molecule has 1 radical (unpaired) electrons. The number of nitrogens with zero attached hydrogens (tertiary/aromatic N) is 1. The van der Waals surface area contributed by atoms with Gasteiger partial charge in [0.05, 0.1) is 12.5 Å². The summed E-state index contributed by atoms with van der Waals surface area (Å²) in [7, 11) is 0. The number of benzene rings is 2. The van der Waals surface area contributed by atoms with Crippen LogP contribution in [-0.4, -0.2) is 40.6 Å². The number of carbonyl (C=O) groups excluding carboxylic acids is 2. The third-order valence-corrected chi connectivity index (χ3v) is 4.85. The Hall–Kier alpha value is -2.90. The van der Waals surface area contributed by atoms with Crippen LogP contribution in [0.25, 0.3) is 0 Å². The predicted octanol–water partition coefficient (Wildman–Crippen LogP) is 1.35. The lowest BCUT2D eigenvalue weighted by Crippen LogP contribution is -2.58. The van der Waals surface area contributed by atoms with Crippen LogP contribution < -0.4 is 15.9 Å². The minimum atomic E-state index is -0.697. The first-order chi connectivity index (χ1) is 14.0. The Bertz CT molecular complexity index is 811. The molecule has 153 valence electrons. The van der Waals surface area contributed by atoms with E-state index >= 15 is 0 Å². The van der Waals surface area contributed by atoms with Crippen LogP contribution in [0.5, 0.6) is 5.75 Å². The highest BCUT2D eigenvalue weighted by atomic mass is 16.5.